The topological polar surface area (TPSA) is 76.0 Å². The summed E-state index contributed by atoms with van der Waals surface area (Å²) in [5.41, 5.74) is 3.59. The lowest BCUT2D eigenvalue weighted by molar-refractivity contribution is -0.116. The van der Waals surface area contributed by atoms with E-state index in [1.165, 1.54) is 10.5 Å². The van der Waals surface area contributed by atoms with Crippen molar-refractivity contribution < 1.29 is 9.59 Å². The van der Waals surface area contributed by atoms with E-state index in [0.717, 1.165) is 30.0 Å². The van der Waals surface area contributed by atoms with Crippen LogP contribution in [0.5, 0.6) is 0 Å². The molecular weight excluding hydrogens is 419 g/mol. The lowest BCUT2D eigenvalue weighted by Gasteiger charge is -2.08. The van der Waals surface area contributed by atoms with E-state index < -0.39 is 0 Å². The molecule has 0 atom stereocenters. The third-order valence-corrected chi connectivity index (χ3v) is 5.12. The van der Waals surface area contributed by atoms with Gasteiger partial charge in [-0.25, -0.2) is 0 Å². The van der Waals surface area contributed by atoms with Gasteiger partial charge in [-0.3, -0.25) is 14.3 Å². The monoisotopic (exact) mass is 440 g/mol. The lowest BCUT2D eigenvalue weighted by atomic mass is 10.2. The van der Waals surface area contributed by atoms with Crippen molar-refractivity contribution in [1.29, 1.82) is 0 Å². The first kappa shape index (κ1) is 18.4. The summed E-state index contributed by atoms with van der Waals surface area (Å²) in [6, 6.07) is 7.06. The number of anilines is 2. The number of rotatable bonds is 6. The van der Waals surface area contributed by atoms with Crippen LogP contribution < -0.4 is 10.6 Å². The number of nitrogens with zero attached hydrogens (tertiary/aromatic N) is 2. The number of hydrogen-bond acceptors (Lipinski definition) is 3. The van der Waals surface area contributed by atoms with Gasteiger partial charge < -0.3 is 10.6 Å². The van der Waals surface area contributed by atoms with E-state index >= 15 is 0 Å². The average molecular weight is 440 g/mol. The number of carbonyl (C=O) groups excluding carboxylic acids is 2. The molecule has 0 saturated carbocycles. The Kier molecular flexibility index (Phi) is 6.36. The van der Waals surface area contributed by atoms with E-state index in [9.17, 15) is 9.59 Å². The second kappa shape index (κ2) is 8.27. The molecule has 0 bridgehead atoms. The van der Waals surface area contributed by atoms with Crippen LogP contribution in [-0.4, -0.2) is 21.6 Å². The molecule has 0 aliphatic heterocycles. The molecule has 0 radical (unpaired) electrons. The molecule has 0 unspecified atom stereocenters. The number of hydrogen-bond donors (Lipinski definition) is 2. The number of aromatic nitrogens is 2. The Morgan fingerprint density at radius 2 is 1.71 bits per heavy atom. The van der Waals surface area contributed by atoms with E-state index in [1.807, 2.05) is 18.5 Å². The van der Waals surface area contributed by atoms with E-state index in [2.05, 4.69) is 38.3 Å². The van der Waals surface area contributed by atoms with Crippen molar-refractivity contribution >= 4 is 45.8 Å². The van der Waals surface area contributed by atoms with Gasteiger partial charge in [-0.2, -0.15) is 5.10 Å². The van der Waals surface area contributed by atoms with Gasteiger partial charge in [-0.05, 0) is 67.1 Å². The number of aryl methyl sites for hydroxylation is 2. The maximum Gasteiger partial charge on any atom is 0.224 e. The van der Waals surface area contributed by atoms with Gasteiger partial charge in [0.25, 0.3) is 0 Å². The Bertz CT molecular complexity index is 738. The van der Waals surface area contributed by atoms with Crippen molar-refractivity contribution in [2.24, 2.45) is 0 Å². The Hall–Kier alpha value is -1.90. The molecule has 128 valence electrons. The van der Waals surface area contributed by atoms with E-state index in [4.69, 9.17) is 0 Å². The standard InChI is InChI=1S/C17H21IN4O2/c1-11-17(18)12(2)22(21-11)10-4-5-16(24)20-15-8-6-14(7-9-15)19-13(3)23/h6-9H,4-5,10H2,1-3H3,(H,19,23)(H,20,24). The number of halogens is 1. The van der Waals surface area contributed by atoms with Gasteiger partial charge in [0.15, 0.2) is 0 Å². The summed E-state index contributed by atoms with van der Waals surface area (Å²) in [5, 5.41) is 10.0. The number of carbonyl (C=O) groups is 2. The predicted molar refractivity (Wildman–Crippen MR) is 103 cm³/mol. The summed E-state index contributed by atoms with van der Waals surface area (Å²) < 4.78 is 3.13. The van der Waals surface area contributed by atoms with Crippen LogP contribution in [0.1, 0.15) is 31.2 Å². The first-order chi connectivity index (χ1) is 11.4. The highest BCUT2D eigenvalue weighted by Crippen LogP contribution is 2.16. The minimum atomic E-state index is -0.120. The van der Waals surface area contributed by atoms with Crippen LogP contribution in [-0.2, 0) is 16.1 Å². The number of benzene rings is 1. The van der Waals surface area contributed by atoms with Crippen LogP contribution in [0.25, 0.3) is 0 Å². The average Bonchev–Trinajstić information content (AvgIpc) is 2.76. The Morgan fingerprint density at radius 3 is 2.21 bits per heavy atom. The van der Waals surface area contributed by atoms with Crippen molar-refractivity contribution in [3.8, 4) is 0 Å². The van der Waals surface area contributed by atoms with E-state index in [0.29, 0.717) is 12.1 Å². The molecule has 1 heterocycles. The van der Waals surface area contributed by atoms with Crippen LogP contribution in [0.3, 0.4) is 0 Å². The third kappa shape index (κ3) is 5.05. The largest absolute Gasteiger partial charge is 0.326 e. The lowest BCUT2D eigenvalue weighted by Crippen LogP contribution is -2.13. The van der Waals surface area contributed by atoms with Crippen molar-refractivity contribution in [3.05, 3.63) is 39.2 Å². The molecule has 0 spiro atoms. The highest BCUT2D eigenvalue weighted by atomic mass is 127. The molecule has 2 amide bonds. The molecule has 0 aliphatic rings. The molecule has 2 rings (SSSR count). The summed E-state index contributed by atoms with van der Waals surface area (Å²) >= 11 is 2.29. The van der Waals surface area contributed by atoms with Crippen LogP contribution in [0.15, 0.2) is 24.3 Å². The minimum Gasteiger partial charge on any atom is -0.326 e. The molecule has 24 heavy (non-hydrogen) atoms. The van der Waals surface area contributed by atoms with Gasteiger partial charge in [0, 0.05) is 37.0 Å². The zero-order valence-electron chi connectivity index (χ0n) is 14.0. The van der Waals surface area contributed by atoms with Crippen LogP contribution >= 0.6 is 22.6 Å². The molecule has 2 N–H and O–H groups in total. The summed E-state index contributed by atoms with van der Waals surface area (Å²) in [6.45, 7) is 6.21. The maximum atomic E-state index is 12.0. The second-order valence-electron chi connectivity index (χ2n) is 5.62. The fourth-order valence-corrected chi connectivity index (χ4v) is 2.73. The fraction of sp³-hybridized carbons (Fsp3) is 0.353. The second-order valence-corrected chi connectivity index (χ2v) is 6.70. The van der Waals surface area contributed by atoms with Gasteiger partial charge in [-0.1, -0.05) is 0 Å². The summed E-state index contributed by atoms with van der Waals surface area (Å²) in [7, 11) is 0. The highest BCUT2D eigenvalue weighted by molar-refractivity contribution is 14.1. The van der Waals surface area contributed by atoms with Gasteiger partial charge in [-0.15, -0.1) is 0 Å². The molecule has 0 saturated heterocycles. The van der Waals surface area contributed by atoms with Crippen molar-refractivity contribution in [3.63, 3.8) is 0 Å². The van der Waals surface area contributed by atoms with Gasteiger partial charge in [0.1, 0.15) is 0 Å². The third-order valence-electron chi connectivity index (χ3n) is 3.56. The SMILES string of the molecule is CC(=O)Nc1ccc(NC(=O)CCCn2nc(C)c(I)c2C)cc1. The molecule has 0 aliphatic carbocycles. The molecule has 0 fully saturated rings. The predicted octanol–water partition coefficient (Wildman–Crippen LogP) is 3.48. The van der Waals surface area contributed by atoms with Crippen LogP contribution in [0.2, 0.25) is 0 Å². The molecule has 6 nitrogen and oxygen atoms in total. The van der Waals surface area contributed by atoms with Gasteiger partial charge in [0.2, 0.25) is 11.8 Å². The van der Waals surface area contributed by atoms with Crippen molar-refractivity contribution in [2.75, 3.05) is 10.6 Å². The number of nitrogens with one attached hydrogen (secondary N) is 2. The van der Waals surface area contributed by atoms with Gasteiger partial charge >= 0.3 is 0 Å². The van der Waals surface area contributed by atoms with Crippen molar-refractivity contribution in [2.45, 2.75) is 40.2 Å². The highest BCUT2D eigenvalue weighted by Gasteiger charge is 2.09. The van der Waals surface area contributed by atoms with Crippen LogP contribution in [0.4, 0.5) is 11.4 Å². The Morgan fingerprint density at radius 1 is 1.12 bits per heavy atom. The summed E-state index contributed by atoms with van der Waals surface area (Å²) in [6.07, 6.45) is 1.16. The minimum absolute atomic E-state index is 0.0292. The first-order valence-corrected chi connectivity index (χ1v) is 8.81. The first-order valence-electron chi connectivity index (χ1n) is 7.74. The molecular formula is C17H21IN4O2. The van der Waals surface area contributed by atoms with Crippen molar-refractivity contribution in [1.82, 2.24) is 9.78 Å². The summed E-state index contributed by atoms with van der Waals surface area (Å²) in [5.74, 6) is -0.149. The normalized spacial score (nSPS) is 10.5. The van der Waals surface area contributed by atoms with Crippen LogP contribution in [0, 0.1) is 17.4 Å². The molecule has 1 aromatic heterocycles. The van der Waals surface area contributed by atoms with E-state index in [1.54, 1.807) is 24.3 Å². The smallest absolute Gasteiger partial charge is 0.224 e. The summed E-state index contributed by atoms with van der Waals surface area (Å²) in [4.78, 5) is 23.0. The molecule has 7 heteroatoms. The number of amides is 2. The maximum absolute atomic E-state index is 12.0. The zero-order valence-corrected chi connectivity index (χ0v) is 16.2. The molecule has 1 aromatic carbocycles. The van der Waals surface area contributed by atoms with Gasteiger partial charge in [0.05, 0.1) is 9.26 Å². The zero-order chi connectivity index (χ0) is 17.7. The fourth-order valence-electron chi connectivity index (χ4n) is 2.35. The molecule has 2 aromatic rings. The quantitative estimate of drug-likeness (QED) is 0.676. The Labute approximate surface area is 155 Å². The van der Waals surface area contributed by atoms with E-state index in [-0.39, 0.29) is 11.8 Å². The Balaban J connectivity index is 1.80.